The molecule has 0 radical (unpaired) electrons. The molecule has 0 atom stereocenters. The second kappa shape index (κ2) is 4.92. The van der Waals surface area contributed by atoms with Crippen LogP contribution < -0.4 is 11.1 Å². The molecule has 14 heavy (non-hydrogen) atoms. The first-order chi connectivity index (χ1) is 6.77. The Hall–Kier alpha value is -1.96. The van der Waals surface area contributed by atoms with Gasteiger partial charge >= 0.3 is 0 Å². The Bertz CT molecular complexity index is 364. The van der Waals surface area contributed by atoms with E-state index in [1.165, 1.54) is 0 Å². The molecule has 1 aromatic carbocycles. The quantitative estimate of drug-likeness (QED) is 0.560. The molecule has 1 aromatic rings. The highest BCUT2D eigenvalue weighted by molar-refractivity contribution is 5.68. The Morgan fingerprint density at radius 2 is 2.00 bits per heavy atom. The van der Waals surface area contributed by atoms with Crippen LogP contribution in [0.1, 0.15) is 0 Å². The van der Waals surface area contributed by atoms with E-state index in [-0.39, 0.29) is 0 Å². The van der Waals surface area contributed by atoms with Gasteiger partial charge in [-0.2, -0.15) is 0 Å². The Morgan fingerprint density at radius 3 is 2.57 bits per heavy atom. The molecule has 0 bridgehead atoms. The van der Waals surface area contributed by atoms with Crippen LogP contribution in [0.4, 0.5) is 11.4 Å². The number of nitrogens with one attached hydrogen (secondary N) is 1. The Morgan fingerprint density at radius 1 is 1.29 bits per heavy atom. The summed E-state index contributed by atoms with van der Waals surface area (Å²) in [7, 11) is 0. The van der Waals surface area contributed by atoms with Crippen LogP contribution in [0, 0.1) is 0 Å². The predicted molar refractivity (Wildman–Crippen MR) is 63.0 cm³/mol. The SMILES string of the molecule is C=C/C=C(\C=C)Nc1ccccc1N. The summed E-state index contributed by atoms with van der Waals surface area (Å²) in [6.07, 6.45) is 5.25. The summed E-state index contributed by atoms with van der Waals surface area (Å²) < 4.78 is 0. The number of hydrogen-bond acceptors (Lipinski definition) is 2. The molecule has 72 valence electrons. The van der Waals surface area contributed by atoms with Crippen molar-refractivity contribution >= 4 is 11.4 Å². The number of nitrogen functional groups attached to an aromatic ring is 1. The Labute approximate surface area is 84.4 Å². The lowest BCUT2D eigenvalue weighted by Crippen LogP contribution is -1.99. The Kier molecular flexibility index (Phi) is 3.56. The van der Waals surface area contributed by atoms with Gasteiger partial charge in [0.25, 0.3) is 0 Å². The summed E-state index contributed by atoms with van der Waals surface area (Å²) in [5.41, 5.74) is 8.23. The molecule has 2 heteroatoms. The maximum Gasteiger partial charge on any atom is 0.0617 e. The zero-order valence-corrected chi connectivity index (χ0v) is 8.03. The van der Waals surface area contributed by atoms with Crippen LogP contribution in [0.5, 0.6) is 0 Å². The lowest BCUT2D eigenvalue weighted by molar-refractivity contribution is 1.48. The average Bonchev–Trinajstić information content (AvgIpc) is 2.20. The van der Waals surface area contributed by atoms with Crippen molar-refractivity contribution in [2.24, 2.45) is 0 Å². The number of benzene rings is 1. The number of hydrogen-bond donors (Lipinski definition) is 2. The third-order valence-electron chi connectivity index (χ3n) is 1.76. The highest BCUT2D eigenvalue weighted by atomic mass is 14.9. The molecule has 0 aliphatic heterocycles. The monoisotopic (exact) mass is 186 g/mol. The van der Waals surface area contributed by atoms with Crippen LogP contribution in [0.25, 0.3) is 0 Å². The number of nitrogens with two attached hydrogens (primary N) is 1. The van der Waals surface area contributed by atoms with E-state index in [0.29, 0.717) is 5.69 Å². The van der Waals surface area contributed by atoms with Crippen molar-refractivity contribution in [1.29, 1.82) is 0 Å². The van der Waals surface area contributed by atoms with Crippen LogP contribution in [0.2, 0.25) is 0 Å². The molecular weight excluding hydrogens is 172 g/mol. The lowest BCUT2D eigenvalue weighted by Gasteiger charge is -2.08. The highest BCUT2D eigenvalue weighted by Gasteiger charge is 1.96. The zero-order chi connectivity index (χ0) is 10.4. The largest absolute Gasteiger partial charge is 0.397 e. The normalized spacial score (nSPS) is 10.7. The summed E-state index contributed by atoms with van der Waals surface area (Å²) in [5.74, 6) is 0. The zero-order valence-electron chi connectivity index (χ0n) is 8.03. The van der Waals surface area contributed by atoms with Crippen molar-refractivity contribution in [3.05, 3.63) is 61.3 Å². The predicted octanol–water partition coefficient (Wildman–Crippen LogP) is 2.94. The van der Waals surface area contributed by atoms with Gasteiger partial charge < -0.3 is 11.1 Å². The van der Waals surface area contributed by atoms with Crippen molar-refractivity contribution in [3.8, 4) is 0 Å². The van der Waals surface area contributed by atoms with E-state index < -0.39 is 0 Å². The van der Waals surface area contributed by atoms with Gasteiger partial charge in [0, 0.05) is 5.70 Å². The molecule has 0 saturated carbocycles. The van der Waals surface area contributed by atoms with E-state index in [1.807, 2.05) is 30.3 Å². The van der Waals surface area contributed by atoms with E-state index in [4.69, 9.17) is 5.73 Å². The number of allylic oxidation sites excluding steroid dienone is 3. The van der Waals surface area contributed by atoms with Gasteiger partial charge in [-0.05, 0) is 24.3 Å². The molecule has 0 saturated heterocycles. The fraction of sp³-hybridized carbons (Fsp3) is 0. The number of rotatable bonds is 4. The first-order valence-electron chi connectivity index (χ1n) is 4.34. The van der Waals surface area contributed by atoms with Gasteiger partial charge in [0.15, 0.2) is 0 Å². The van der Waals surface area contributed by atoms with Gasteiger partial charge in [0.1, 0.15) is 0 Å². The van der Waals surface area contributed by atoms with Crippen LogP contribution >= 0.6 is 0 Å². The maximum atomic E-state index is 5.77. The fourth-order valence-corrected chi connectivity index (χ4v) is 1.05. The molecule has 0 fully saturated rings. The molecule has 0 aliphatic rings. The summed E-state index contributed by atoms with van der Waals surface area (Å²) >= 11 is 0. The second-order valence-electron chi connectivity index (χ2n) is 2.77. The number of para-hydroxylation sites is 2. The van der Waals surface area contributed by atoms with Crippen molar-refractivity contribution in [1.82, 2.24) is 0 Å². The fourth-order valence-electron chi connectivity index (χ4n) is 1.05. The van der Waals surface area contributed by atoms with Crippen LogP contribution in [0.15, 0.2) is 61.3 Å². The molecular formula is C12H14N2. The van der Waals surface area contributed by atoms with E-state index in [1.54, 1.807) is 12.2 Å². The molecule has 0 unspecified atom stereocenters. The minimum absolute atomic E-state index is 0.712. The maximum absolute atomic E-state index is 5.77. The van der Waals surface area contributed by atoms with Gasteiger partial charge in [-0.15, -0.1) is 0 Å². The van der Waals surface area contributed by atoms with E-state index >= 15 is 0 Å². The van der Waals surface area contributed by atoms with Gasteiger partial charge in [0.05, 0.1) is 11.4 Å². The summed E-state index contributed by atoms with van der Waals surface area (Å²) in [5, 5.41) is 3.14. The third kappa shape index (κ3) is 2.52. The van der Waals surface area contributed by atoms with Gasteiger partial charge in [-0.1, -0.05) is 31.4 Å². The van der Waals surface area contributed by atoms with E-state index in [2.05, 4.69) is 18.5 Å². The first kappa shape index (κ1) is 10.1. The highest BCUT2D eigenvalue weighted by Crippen LogP contribution is 2.18. The van der Waals surface area contributed by atoms with E-state index in [9.17, 15) is 0 Å². The lowest BCUT2D eigenvalue weighted by atomic mass is 10.2. The van der Waals surface area contributed by atoms with Gasteiger partial charge in [-0.3, -0.25) is 0 Å². The van der Waals surface area contributed by atoms with Crippen molar-refractivity contribution in [2.45, 2.75) is 0 Å². The van der Waals surface area contributed by atoms with Gasteiger partial charge in [0.2, 0.25) is 0 Å². The number of anilines is 2. The van der Waals surface area contributed by atoms with Crippen LogP contribution in [-0.2, 0) is 0 Å². The Balaban J connectivity index is 2.87. The molecule has 0 aromatic heterocycles. The van der Waals surface area contributed by atoms with E-state index in [0.717, 1.165) is 11.4 Å². The smallest absolute Gasteiger partial charge is 0.0617 e. The molecule has 1 rings (SSSR count). The summed E-state index contributed by atoms with van der Waals surface area (Å²) in [4.78, 5) is 0. The average molecular weight is 186 g/mol. The third-order valence-corrected chi connectivity index (χ3v) is 1.76. The van der Waals surface area contributed by atoms with Crippen LogP contribution in [-0.4, -0.2) is 0 Å². The standard InChI is InChI=1S/C12H14N2/c1-3-7-10(4-2)14-12-9-6-5-8-11(12)13/h3-9,14H,1-2,13H2/b10-7+. The molecule has 0 spiro atoms. The van der Waals surface area contributed by atoms with Crippen molar-refractivity contribution in [2.75, 3.05) is 11.1 Å². The first-order valence-corrected chi connectivity index (χ1v) is 4.34. The topological polar surface area (TPSA) is 38.0 Å². The van der Waals surface area contributed by atoms with Crippen molar-refractivity contribution in [3.63, 3.8) is 0 Å². The summed E-state index contributed by atoms with van der Waals surface area (Å²) in [6, 6.07) is 7.57. The minimum Gasteiger partial charge on any atom is -0.397 e. The molecule has 0 amide bonds. The second-order valence-corrected chi connectivity index (χ2v) is 2.77. The molecule has 2 nitrogen and oxygen atoms in total. The molecule has 3 N–H and O–H groups in total. The van der Waals surface area contributed by atoms with Gasteiger partial charge in [-0.25, -0.2) is 0 Å². The van der Waals surface area contributed by atoms with Crippen molar-refractivity contribution < 1.29 is 0 Å². The van der Waals surface area contributed by atoms with Crippen LogP contribution in [0.3, 0.4) is 0 Å². The minimum atomic E-state index is 0.712. The molecule has 0 aliphatic carbocycles. The summed E-state index contributed by atoms with van der Waals surface area (Å²) in [6.45, 7) is 7.30. The molecule has 0 heterocycles.